The Balaban J connectivity index is 1.32. The number of hydrogen-bond acceptors (Lipinski definition) is 3. The van der Waals surface area contributed by atoms with Crippen molar-refractivity contribution >= 4 is 0 Å². The SMILES string of the molecule is C=C(CCn1cccn1)N1CCO[C@@H](C2=CC=C(Cc3ccc(F)cc3)CC2)C1. The highest BCUT2D eigenvalue weighted by atomic mass is 19.1. The van der Waals surface area contributed by atoms with Crippen LogP contribution in [0, 0.1) is 5.82 Å². The zero-order chi connectivity index (χ0) is 20.1. The van der Waals surface area contributed by atoms with E-state index in [1.165, 1.54) is 23.3 Å². The molecule has 4 nitrogen and oxygen atoms in total. The number of halogens is 1. The molecule has 152 valence electrons. The topological polar surface area (TPSA) is 30.3 Å². The normalized spacial score (nSPS) is 19.6. The van der Waals surface area contributed by atoms with Gasteiger partial charge < -0.3 is 9.64 Å². The quantitative estimate of drug-likeness (QED) is 0.693. The van der Waals surface area contributed by atoms with Crippen molar-refractivity contribution in [2.45, 2.75) is 38.3 Å². The molecule has 1 saturated heterocycles. The monoisotopic (exact) mass is 393 g/mol. The molecule has 29 heavy (non-hydrogen) atoms. The van der Waals surface area contributed by atoms with Crippen molar-refractivity contribution in [2.24, 2.45) is 0 Å². The van der Waals surface area contributed by atoms with Crippen LogP contribution in [0.4, 0.5) is 4.39 Å². The van der Waals surface area contributed by atoms with E-state index >= 15 is 0 Å². The van der Waals surface area contributed by atoms with Gasteiger partial charge in [0, 0.05) is 44.1 Å². The minimum Gasteiger partial charge on any atom is -0.370 e. The summed E-state index contributed by atoms with van der Waals surface area (Å²) in [6.45, 7) is 7.64. The third kappa shape index (κ3) is 5.24. The Morgan fingerprint density at radius 3 is 2.79 bits per heavy atom. The Kier molecular flexibility index (Phi) is 6.25. The third-order valence-corrected chi connectivity index (χ3v) is 5.73. The van der Waals surface area contributed by atoms with Crippen molar-refractivity contribution in [3.8, 4) is 0 Å². The fourth-order valence-corrected chi connectivity index (χ4v) is 3.97. The second-order valence-electron chi connectivity index (χ2n) is 7.76. The number of rotatable bonds is 7. The molecule has 1 aromatic carbocycles. The molecule has 1 aliphatic heterocycles. The van der Waals surface area contributed by atoms with Crippen LogP contribution in [-0.2, 0) is 17.7 Å². The molecule has 0 bridgehead atoms. The number of benzene rings is 1. The van der Waals surface area contributed by atoms with Crippen LogP contribution in [0.25, 0.3) is 0 Å². The number of ether oxygens (including phenoxy) is 1. The van der Waals surface area contributed by atoms with Crippen LogP contribution in [0.15, 0.2) is 78.3 Å². The Hall–Kier alpha value is -2.66. The summed E-state index contributed by atoms with van der Waals surface area (Å²) in [6, 6.07) is 8.74. The van der Waals surface area contributed by atoms with Gasteiger partial charge in [-0.2, -0.15) is 5.10 Å². The van der Waals surface area contributed by atoms with Crippen LogP contribution in [-0.4, -0.2) is 40.5 Å². The molecular weight excluding hydrogens is 365 g/mol. The molecule has 5 heteroatoms. The van der Waals surface area contributed by atoms with E-state index in [4.69, 9.17) is 4.74 Å². The van der Waals surface area contributed by atoms with Crippen LogP contribution in [0.1, 0.15) is 24.8 Å². The number of morpholine rings is 1. The Labute approximate surface area is 172 Å². The molecule has 0 saturated carbocycles. The van der Waals surface area contributed by atoms with E-state index in [0.29, 0.717) is 0 Å². The van der Waals surface area contributed by atoms with Crippen molar-refractivity contribution < 1.29 is 9.13 Å². The fourth-order valence-electron chi connectivity index (χ4n) is 3.97. The van der Waals surface area contributed by atoms with E-state index < -0.39 is 0 Å². The fraction of sp³-hybridized carbons (Fsp3) is 0.375. The highest BCUT2D eigenvalue weighted by molar-refractivity contribution is 5.31. The summed E-state index contributed by atoms with van der Waals surface area (Å²) in [7, 11) is 0. The molecule has 1 atom stereocenters. The number of nitrogens with zero attached hydrogens (tertiary/aromatic N) is 3. The number of aromatic nitrogens is 2. The first-order valence-corrected chi connectivity index (χ1v) is 10.3. The zero-order valence-corrected chi connectivity index (χ0v) is 16.8. The lowest BCUT2D eigenvalue weighted by Gasteiger charge is -2.37. The maximum Gasteiger partial charge on any atom is 0.123 e. The largest absolute Gasteiger partial charge is 0.370 e. The van der Waals surface area contributed by atoms with Gasteiger partial charge >= 0.3 is 0 Å². The Morgan fingerprint density at radius 2 is 2.07 bits per heavy atom. The molecule has 0 spiro atoms. The lowest BCUT2D eigenvalue weighted by molar-refractivity contribution is 0.000797. The van der Waals surface area contributed by atoms with Gasteiger partial charge in [-0.05, 0) is 48.6 Å². The smallest absolute Gasteiger partial charge is 0.123 e. The maximum absolute atomic E-state index is 13.1. The van der Waals surface area contributed by atoms with Gasteiger partial charge in [0.15, 0.2) is 0 Å². The van der Waals surface area contributed by atoms with Crippen LogP contribution < -0.4 is 0 Å². The Bertz CT molecular complexity index is 883. The van der Waals surface area contributed by atoms with Gasteiger partial charge in [-0.15, -0.1) is 0 Å². The molecule has 0 N–H and O–H groups in total. The van der Waals surface area contributed by atoms with Crippen LogP contribution >= 0.6 is 0 Å². The second kappa shape index (κ2) is 9.23. The molecule has 1 aliphatic carbocycles. The van der Waals surface area contributed by atoms with Gasteiger partial charge in [-0.3, -0.25) is 4.68 Å². The highest BCUT2D eigenvalue weighted by Crippen LogP contribution is 2.27. The molecule has 2 aromatic rings. The molecule has 2 heterocycles. The molecular formula is C24H28FN3O. The summed E-state index contributed by atoms with van der Waals surface area (Å²) in [5.74, 6) is -0.182. The van der Waals surface area contributed by atoms with Crippen molar-refractivity contribution in [2.75, 3.05) is 19.7 Å². The first kappa shape index (κ1) is 19.6. The number of aryl methyl sites for hydroxylation is 1. The van der Waals surface area contributed by atoms with Gasteiger partial charge in [0.25, 0.3) is 0 Å². The lowest BCUT2D eigenvalue weighted by Crippen LogP contribution is -2.42. The van der Waals surface area contributed by atoms with E-state index in [1.807, 2.05) is 29.1 Å². The van der Waals surface area contributed by atoms with E-state index in [0.717, 1.165) is 63.2 Å². The van der Waals surface area contributed by atoms with Crippen LogP contribution in [0.3, 0.4) is 0 Å². The van der Waals surface area contributed by atoms with Gasteiger partial charge in [0.2, 0.25) is 0 Å². The molecule has 1 aromatic heterocycles. The summed E-state index contributed by atoms with van der Waals surface area (Å²) in [6.07, 6.45) is 12.2. The van der Waals surface area contributed by atoms with Crippen molar-refractivity contribution in [1.29, 1.82) is 0 Å². The average molecular weight is 394 g/mol. The summed E-state index contributed by atoms with van der Waals surface area (Å²) < 4.78 is 21.1. The minimum atomic E-state index is -0.182. The summed E-state index contributed by atoms with van der Waals surface area (Å²) in [5.41, 5.74) is 5.05. The maximum atomic E-state index is 13.1. The van der Waals surface area contributed by atoms with Crippen molar-refractivity contribution in [3.05, 3.63) is 89.7 Å². The second-order valence-corrected chi connectivity index (χ2v) is 7.76. The summed E-state index contributed by atoms with van der Waals surface area (Å²) in [5, 5.41) is 4.26. The van der Waals surface area contributed by atoms with Gasteiger partial charge in [-0.1, -0.05) is 36.4 Å². The Morgan fingerprint density at radius 1 is 1.21 bits per heavy atom. The molecule has 4 rings (SSSR count). The molecule has 1 fully saturated rings. The lowest BCUT2D eigenvalue weighted by atomic mass is 9.91. The number of allylic oxidation sites excluding steroid dienone is 4. The first-order valence-electron chi connectivity index (χ1n) is 10.3. The molecule has 0 amide bonds. The zero-order valence-electron chi connectivity index (χ0n) is 16.8. The van der Waals surface area contributed by atoms with E-state index in [9.17, 15) is 4.39 Å². The number of hydrogen-bond donors (Lipinski definition) is 0. The standard InChI is InChI=1S/C24H28FN3O/c1-19(11-14-28-13-2-12-26-28)27-15-16-29-24(18-27)22-7-3-20(4-8-22)17-21-5-9-23(25)10-6-21/h2-3,5-7,9-10,12-13,24H,1,4,8,11,14-18H2/t24-/m1/s1. The van der Waals surface area contributed by atoms with Gasteiger partial charge in [-0.25, -0.2) is 4.39 Å². The van der Waals surface area contributed by atoms with Crippen LogP contribution in [0.2, 0.25) is 0 Å². The predicted octanol–water partition coefficient (Wildman–Crippen LogP) is 4.52. The molecule has 2 aliphatic rings. The third-order valence-electron chi connectivity index (χ3n) is 5.73. The molecule has 0 unspecified atom stereocenters. The minimum absolute atomic E-state index is 0.133. The van der Waals surface area contributed by atoms with Gasteiger partial charge in [0.1, 0.15) is 5.82 Å². The van der Waals surface area contributed by atoms with Crippen molar-refractivity contribution in [3.63, 3.8) is 0 Å². The predicted molar refractivity (Wildman–Crippen MR) is 113 cm³/mol. The van der Waals surface area contributed by atoms with Crippen molar-refractivity contribution in [1.82, 2.24) is 14.7 Å². The summed E-state index contributed by atoms with van der Waals surface area (Å²) >= 11 is 0. The van der Waals surface area contributed by atoms with Gasteiger partial charge in [0.05, 0.1) is 12.7 Å². The van der Waals surface area contributed by atoms with E-state index in [-0.39, 0.29) is 11.9 Å². The summed E-state index contributed by atoms with van der Waals surface area (Å²) in [4.78, 5) is 2.36. The first-order chi connectivity index (χ1) is 14.2. The highest BCUT2D eigenvalue weighted by Gasteiger charge is 2.25. The van der Waals surface area contributed by atoms with E-state index in [2.05, 4.69) is 28.7 Å². The average Bonchev–Trinajstić information content (AvgIpc) is 3.28. The van der Waals surface area contributed by atoms with Crippen LogP contribution in [0.5, 0.6) is 0 Å². The van der Waals surface area contributed by atoms with E-state index in [1.54, 1.807) is 6.20 Å². The molecule has 0 radical (unpaired) electrons.